The van der Waals surface area contributed by atoms with E-state index in [9.17, 15) is 0 Å². The molecule has 1 heterocycles. The van der Waals surface area contributed by atoms with Crippen LogP contribution in [0.25, 0.3) is 0 Å². The van der Waals surface area contributed by atoms with Gasteiger partial charge in [-0.25, -0.2) is 4.98 Å². The molecule has 0 aromatic carbocycles. The van der Waals surface area contributed by atoms with Gasteiger partial charge in [0.1, 0.15) is 10.4 Å². The van der Waals surface area contributed by atoms with Gasteiger partial charge in [-0.15, -0.1) is 0 Å². The highest BCUT2D eigenvalue weighted by atomic mass is 79.9. The number of nitrogens with zero attached hydrogens (tertiary/aromatic N) is 2. The molecule has 6 heteroatoms. The van der Waals surface area contributed by atoms with Gasteiger partial charge in [-0.1, -0.05) is 13.8 Å². The van der Waals surface area contributed by atoms with Gasteiger partial charge in [0.15, 0.2) is 0 Å². The van der Waals surface area contributed by atoms with Gasteiger partial charge >= 0.3 is 0 Å². The second kappa shape index (κ2) is 6.00. The average molecular weight is 289 g/mol. The van der Waals surface area contributed by atoms with Crippen molar-refractivity contribution < 1.29 is 4.74 Å². The van der Waals surface area contributed by atoms with Crippen molar-refractivity contribution in [3.05, 3.63) is 10.7 Å². The Morgan fingerprint density at radius 3 is 2.69 bits per heavy atom. The lowest BCUT2D eigenvalue weighted by Gasteiger charge is -2.21. The van der Waals surface area contributed by atoms with Crippen molar-refractivity contribution in [2.24, 2.45) is 5.92 Å². The molecule has 0 fully saturated rings. The molecule has 0 bridgehead atoms. The number of hydrogen-bond acceptors (Lipinski definition) is 5. The number of hydrogen-bond donors (Lipinski definition) is 2. The molecule has 16 heavy (non-hydrogen) atoms. The van der Waals surface area contributed by atoms with E-state index >= 15 is 0 Å². The second-order valence-electron chi connectivity index (χ2n) is 3.89. The van der Waals surface area contributed by atoms with Crippen molar-refractivity contribution in [2.75, 3.05) is 24.8 Å². The van der Waals surface area contributed by atoms with Gasteiger partial charge in [0.05, 0.1) is 12.6 Å². The first kappa shape index (κ1) is 13.2. The lowest BCUT2D eigenvalue weighted by Crippen LogP contribution is -2.31. The molecule has 0 amide bonds. The Bertz CT molecular complexity index is 325. The number of nitrogens with one attached hydrogen (secondary N) is 1. The molecule has 1 rings (SSSR count). The molecule has 5 nitrogen and oxygen atoms in total. The molecule has 0 radical (unpaired) electrons. The van der Waals surface area contributed by atoms with Crippen molar-refractivity contribution in [1.82, 2.24) is 9.97 Å². The van der Waals surface area contributed by atoms with Crippen LogP contribution in [0.2, 0.25) is 0 Å². The summed E-state index contributed by atoms with van der Waals surface area (Å²) in [5.74, 6) is 1.37. The molecule has 0 aliphatic carbocycles. The summed E-state index contributed by atoms with van der Waals surface area (Å²) in [6, 6.07) is 1.82. The Hall–Kier alpha value is -0.880. The zero-order valence-electron chi connectivity index (χ0n) is 9.70. The first-order valence-electron chi connectivity index (χ1n) is 5.08. The Morgan fingerprint density at radius 2 is 2.19 bits per heavy atom. The molecule has 0 spiro atoms. The van der Waals surface area contributed by atoms with Crippen LogP contribution in [0.15, 0.2) is 10.7 Å². The molecular weight excluding hydrogens is 272 g/mol. The predicted octanol–water partition coefficient (Wildman–Crippen LogP) is 1.90. The number of halogens is 1. The van der Waals surface area contributed by atoms with Crippen LogP contribution in [0.3, 0.4) is 0 Å². The summed E-state index contributed by atoms with van der Waals surface area (Å²) in [5, 5.41) is 3.20. The lowest BCUT2D eigenvalue weighted by molar-refractivity contribution is 0.171. The van der Waals surface area contributed by atoms with Crippen LogP contribution in [-0.4, -0.2) is 29.7 Å². The third-order valence-electron chi connectivity index (χ3n) is 2.18. The molecule has 0 aliphatic rings. The third kappa shape index (κ3) is 3.94. The number of anilines is 2. The summed E-state index contributed by atoms with van der Waals surface area (Å²) in [7, 11) is 1.67. The minimum absolute atomic E-state index is 0.165. The van der Waals surface area contributed by atoms with E-state index in [2.05, 4.69) is 45.1 Å². The van der Waals surface area contributed by atoms with E-state index in [-0.39, 0.29) is 6.04 Å². The van der Waals surface area contributed by atoms with Gasteiger partial charge in [-0.3, -0.25) is 0 Å². The zero-order chi connectivity index (χ0) is 12.1. The maximum Gasteiger partial charge on any atom is 0.226 e. The number of ether oxygens (including phenoxy) is 1. The molecule has 1 aromatic heterocycles. The van der Waals surface area contributed by atoms with E-state index in [0.717, 1.165) is 0 Å². The Kier molecular flexibility index (Phi) is 4.95. The molecule has 1 atom stereocenters. The first-order chi connectivity index (χ1) is 7.52. The molecule has 1 unspecified atom stereocenters. The molecular formula is C10H17BrN4O. The van der Waals surface area contributed by atoms with Gasteiger partial charge in [0.2, 0.25) is 5.95 Å². The highest BCUT2D eigenvalue weighted by Crippen LogP contribution is 2.15. The van der Waals surface area contributed by atoms with Crippen molar-refractivity contribution in [2.45, 2.75) is 19.9 Å². The smallest absolute Gasteiger partial charge is 0.226 e. The van der Waals surface area contributed by atoms with Gasteiger partial charge in [-0.2, -0.15) is 4.98 Å². The van der Waals surface area contributed by atoms with Crippen LogP contribution in [0, 0.1) is 5.92 Å². The van der Waals surface area contributed by atoms with Crippen LogP contribution in [-0.2, 0) is 4.74 Å². The summed E-state index contributed by atoms with van der Waals surface area (Å²) in [6.45, 7) is 4.82. The fourth-order valence-corrected chi connectivity index (χ4v) is 1.65. The average Bonchev–Trinajstić information content (AvgIpc) is 2.15. The fraction of sp³-hybridized carbons (Fsp3) is 0.600. The molecule has 90 valence electrons. The third-order valence-corrected chi connectivity index (χ3v) is 2.59. The maximum absolute atomic E-state index is 5.63. The van der Waals surface area contributed by atoms with E-state index in [0.29, 0.717) is 28.9 Å². The van der Waals surface area contributed by atoms with Crippen molar-refractivity contribution in [3.8, 4) is 0 Å². The monoisotopic (exact) mass is 288 g/mol. The van der Waals surface area contributed by atoms with E-state index in [1.165, 1.54) is 0 Å². The van der Waals surface area contributed by atoms with Crippen LogP contribution >= 0.6 is 15.9 Å². The number of nitrogen functional groups attached to an aromatic ring is 1. The zero-order valence-corrected chi connectivity index (χ0v) is 11.3. The van der Waals surface area contributed by atoms with E-state index < -0.39 is 0 Å². The number of aromatic nitrogens is 2. The Balaban J connectivity index is 2.76. The van der Waals surface area contributed by atoms with Gasteiger partial charge < -0.3 is 15.8 Å². The largest absolute Gasteiger partial charge is 0.383 e. The molecule has 0 aliphatic heterocycles. The van der Waals surface area contributed by atoms with E-state index in [4.69, 9.17) is 10.5 Å². The maximum atomic E-state index is 5.63. The van der Waals surface area contributed by atoms with Crippen molar-refractivity contribution in [1.29, 1.82) is 0 Å². The Morgan fingerprint density at radius 1 is 1.50 bits per heavy atom. The van der Waals surface area contributed by atoms with Crippen LogP contribution in [0.1, 0.15) is 13.8 Å². The molecule has 0 saturated carbocycles. The van der Waals surface area contributed by atoms with E-state index in [1.54, 1.807) is 13.2 Å². The molecule has 1 aromatic rings. The van der Waals surface area contributed by atoms with Crippen LogP contribution in [0.4, 0.5) is 11.8 Å². The van der Waals surface area contributed by atoms with Crippen LogP contribution in [0.5, 0.6) is 0 Å². The number of nitrogens with two attached hydrogens (primary N) is 1. The minimum atomic E-state index is 0.165. The van der Waals surface area contributed by atoms with Crippen molar-refractivity contribution >= 4 is 27.7 Å². The summed E-state index contributed by atoms with van der Waals surface area (Å²) in [5.41, 5.74) is 5.63. The predicted molar refractivity (Wildman–Crippen MR) is 68.3 cm³/mol. The van der Waals surface area contributed by atoms with Gasteiger partial charge in [-0.05, 0) is 21.8 Å². The number of rotatable bonds is 5. The molecule has 3 N–H and O–H groups in total. The van der Waals surface area contributed by atoms with Crippen LogP contribution < -0.4 is 11.1 Å². The standard InChI is InChI=1S/C10H17BrN4O/c1-6(2)7(5-16-3)13-10-14-8(11)4-9(12)15-10/h4,6-7H,5H2,1-3H3,(H3,12,13,14,15). The fourth-order valence-electron chi connectivity index (χ4n) is 1.25. The lowest BCUT2D eigenvalue weighted by atomic mass is 10.1. The summed E-state index contributed by atoms with van der Waals surface area (Å²) >= 11 is 3.28. The number of methoxy groups -OCH3 is 1. The van der Waals surface area contributed by atoms with Crippen molar-refractivity contribution in [3.63, 3.8) is 0 Å². The summed E-state index contributed by atoms with van der Waals surface area (Å²) in [4.78, 5) is 8.31. The van der Waals surface area contributed by atoms with E-state index in [1.807, 2.05) is 0 Å². The SMILES string of the molecule is COCC(Nc1nc(N)cc(Br)n1)C(C)C. The Labute approximate surface area is 104 Å². The summed E-state index contributed by atoms with van der Waals surface area (Å²) in [6.07, 6.45) is 0. The first-order valence-corrected chi connectivity index (χ1v) is 5.87. The molecule has 0 saturated heterocycles. The normalized spacial score (nSPS) is 12.8. The highest BCUT2D eigenvalue weighted by molar-refractivity contribution is 9.10. The van der Waals surface area contributed by atoms with Gasteiger partial charge in [0.25, 0.3) is 0 Å². The minimum Gasteiger partial charge on any atom is -0.383 e. The highest BCUT2D eigenvalue weighted by Gasteiger charge is 2.14. The van der Waals surface area contributed by atoms with Gasteiger partial charge in [0, 0.05) is 13.2 Å². The summed E-state index contributed by atoms with van der Waals surface area (Å²) < 4.78 is 5.81. The topological polar surface area (TPSA) is 73.1 Å². The second-order valence-corrected chi connectivity index (χ2v) is 4.70. The quantitative estimate of drug-likeness (QED) is 0.810.